The first-order valence-electron chi connectivity index (χ1n) is 11.9. The third-order valence-corrected chi connectivity index (χ3v) is 8.38. The smallest absolute Gasteiger partial charge is 0.349 e. The van der Waals surface area contributed by atoms with Gasteiger partial charge in [0.25, 0.3) is 0 Å². The van der Waals surface area contributed by atoms with Crippen molar-refractivity contribution >= 4 is 29.3 Å². The fraction of sp³-hybridized carbons (Fsp3) is 0.560. The molecule has 2 aromatic rings. The highest BCUT2D eigenvalue weighted by atomic mass is 35.5. The van der Waals surface area contributed by atoms with Crippen molar-refractivity contribution in [3.05, 3.63) is 45.3 Å². The summed E-state index contributed by atoms with van der Waals surface area (Å²) in [6.07, 6.45) is 5.80. The molecule has 2 aliphatic rings. The van der Waals surface area contributed by atoms with Crippen LogP contribution in [0.15, 0.2) is 34.0 Å². The van der Waals surface area contributed by atoms with Gasteiger partial charge in [0.15, 0.2) is 5.16 Å². The molecule has 0 saturated heterocycles. The molecule has 2 heterocycles. The van der Waals surface area contributed by atoms with Crippen molar-refractivity contribution in [1.29, 1.82) is 0 Å². The van der Waals surface area contributed by atoms with Gasteiger partial charge in [-0.25, -0.2) is 4.79 Å². The largest absolute Gasteiger partial charge is 0.511 e. The molecule has 0 bridgehead atoms. The van der Waals surface area contributed by atoms with E-state index in [9.17, 15) is 9.90 Å². The van der Waals surface area contributed by atoms with Crippen LogP contribution in [-0.4, -0.2) is 57.5 Å². The SMILES string of the molecule is COc1ccc(CCC2(C3CCCC3)CC(O)=C(Sc3nnc(CN(C)C)n3C)C(=O)O2)cc1Cl. The Morgan fingerprint density at radius 1 is 1.31 bits per heavy atom. The number of rotatable bonds is 9. The van der Waals surface area contributed by atoms with Gasteiger partial charge in [-0.3, -0.25) is 0 Å². The van der Waals surface area contributed by atoms with Gasteiger partial charge in [0.1, 0.15) is 27.8 Å². The van der Waals surface area contributed by atoms with Gasteiger partial charge in [-0.1, -0.05) is 30.5 Å². The summed E-state index contributed by atoms with van der Waals surface area (Å²) in [5.41, 5.74) is 0.310. The van der Waals surface area contributed by atoms with E-state index < -0.39 is 11.6 Å². The van der Waals surface area contributed by atoms with Gasteiger partial charge >= 0.3 is 5.97 Å². The number of esters is 1. The van der Waals surface area contributed by atoms with E-state index in [0.29, 0.717) is 41.7 Å². The highest BCUT2D eigenvalue weighted by Crippen LogP contribution is 2.47. The minimum absolute atomic E-state index is 0.0723. The molecule has 190 valence electrons. The summed E-state index contributed by atoms with van der Waals surface area (Å²) in [6, 6.07) is 5.72. The second kappa shape index (κ2) is 10.8. The number of cyclic esters (lactones) is 1. The zero-order chi connectivity index (χ0) is 25.2. The van der Waals surface area contributed by atoms with Crippen LogP contribution in [0.25, 0.3) is 0 Å². The Morgan fingerprint density at radius 3 is 2.69 bits per heavy atom. The fourth-order valence-electron chi connectivity index (χ4n) is 5.04. The first-order chi connectivity index (χ1) is 16.7. The predicted molar refractivity (Wildman–Crippen MR) is 136 cm³/mol. The van der Waals surface area contributed by atoms with E-state index in [0.717, 1.165) is 48.8 Å². The number of aryl methyl sites for hydroxylation is 1. The third kappa shape index (κ3) is 5.62. The summed E-state index contributed by atoms with van der Waals surface area (Å²) in [4.78, 5) is 15.5. The van der Waals surface area contributed by atoms with E-state index in [1.807, 2.05) is 48.8 Å². The third-order valence-electron chi connectivity index (χ3n) is 6.94. The van der Waals surface area contributed by atoms with Crippen LogP contribution in [0.5, 0.6) is 5.75 Å². The van der Waals surface area contributed by atoms with Gasteiger partial charge in [-0.15, -0.1) is 10.2 Å². The standard InChI is InChI=1S/C25H33ClN4O4S/c1-29(2)15-21-27-28-24(30(21)3)35-22-19(31)14-25(34-23(22)32,17-7-5-6-8-17)12-11-16-9-10-20(33-4)18(26)13-16/h9-10,13,17,31H,5-8,11-12,14-15H2,1-4H3. The number of hydrogen-bond donors (Lipinski definition) is 1. The number of thioether (sulfide) groups is 1. The van der Waals surface area contributed by atoms with E-state index in [1.54, 1.807) is 7.11 Å². The molecule has 1 N–H and O–H groups in total. The molecular weight excluding hydrogens is 488 g/mol. The number of benzene rings is 1. The van der Waals surface area contributed by atoms with E-state index in [-0.39, 0.29) is 16.6 Å². The van der Waals surface area contributed by atoms with Gasteiger partial charge in [0.2, 0.25) is 0 Å². The average molecular weight is 521 g/mol. The molecular formula is C25H33ClN4O4S. The monoisotopic (exact) mass is 520 g/mol. The van der Waals surface area contributed by atoms with Crippen molar-refractivity contribution < 1.29 is 19.4 Å². The maximum Gasteiger partial charge on any atom is 0.349 e. The Hall–Kier alpha value is -2.23. The lowest BCUT2D eigenvalue weighted by atomic mass is 9.77. The van der Waals surface area contributed by atoms with Crippen LogP contribution in [0, 0.1) is 5.92 Å². The van der Waals surface area contributed by atoms with E-state index in [2.05, 4.69) is 10.2 Å². The second-order valence-electron chi connectivity index (χ2n) is 9.65. The molecule has 0 amide bonds. The first-order valence-corrected chi connectivity index (χ1v) is 13.1. The van der Waals surface area contributed by atoms with Crippen molar-refractivity contribution in [3.8, 4) is 5.75 Å². The first kappa shape index (κ1) is 25.9. The number of carbonyl (C=O) groups is 1. The van der Waals surface area contributed by atoms with Gasteiger partial charge in [-0.2, -0.15) is 0 Å². The zero-order valence-corrected chi connectivity index (χ0v) is 22.3. The molecule has 1 aromatic carbocycles. The van der Waals surface area contributed by atoms with Gasteiger partial charge in [-0.05, 0) is 75.2 Å². The van der Waals surface area contributed by atoms with Crippen LogP contribution in [-0.2, 0) is 29.5 Å². The highest BCUT2D eigenvalue weighted by molar-refractivity contribution is 8.03. The zero-order valence-electron chi connectivity index (χ0n) is 20.7. The molecule has 35 heavy (non-hydrogen) atoms. The summed E-state index contributed by atoms with van der Waals surface area (Å²) in [5.74, 6) is 1.21. The Labute approximate surface area is 215 Å². The number of methoxy groups -OCH3 is 1. The molecule has 0 spiro atoms. The van der Waals surface area contributed by atoms with Crippen molar-refractivity contribution in [2.24, 2.45) is 13.0 Å². The van der Waals surface area contributed by atoms with Crippen LogP contribution >= 0.6 is 23.4 Å². The molecule has 1 atom stereocenters. The number of halogens is 1. The number of carbonyl (C=O) groups excluding carboxylic acids is 1. The molecule has 1 aliphatic heterocycles. The molecule has 10 heteroatoms. The lowest BCUT2D eigenvalue weighted by molar-refractivity contribution is -0.166. The Bertz CT molecular complexity index is 1110. The highest BCUT2D eigenvalue weighted by Gasteiger charge is 2.48. The second-order valence-corrected chi connectivity index (χ2v) is 11.0. The lowest BCUT2D eigenvalue weighted by Crippen LogP contribution is -2.45. The van der Waals surface area contributed by atoms with Crippen molar-refractivity contribution in [1.82, 2.24) is 19.7 Å². The number of aliphatic hydroxyl groups is 1. The predicted octanol–water partition coefficient (Wildman–Crippen LogP) is 4.91. The summed E-state index contributed by atoms with van der Waals surface area (Å²) in [7, 11) is 7.36. The van der Waals surface area contributed by atoms with E-state index in [1.165, 1.54) is 0 Å². The lowest BCUT2D eigenvalue weighted by Gasteiger charge is -2.41. The van der Waals surface area contributed by atoms with Crippen LogP contribution in [0.1, 0.15) is 49.9 Å². The van der Waals surface area contributed by atoms with Crippen LogP contribution in [0.2, 0.25) is 5.02 Å². The molecule has 1 fully saturated rings. The summed E-state index contributed by atoms with van der Waals surface area (Å²) >= 11 is 7.43. The molecule has 4 rings (SSSR count). The molecule has 8 nitrogen and oxygen atoms in total. The van der Waals surface area contributed by atoms with E-state index >= 15 is 0 Å². The maximum absolute atomic E-state index is 13.3. The molecule has 1 aliphatic carbocycles. The Kier molecular flexibility index (Phi) is 7.98. The molecule has 1 aromatic heterocycles. The molecule has 0 radical (unpaired) electrons. The van der Waals surface area contributed by atoms with Gasteiger partial charge in [0.05, 0.1) is 18.7 Å². The molecule has 1 unspecified atom stereocenters. The van der Waals surface area contributed by atoms with Crippen LogP contribution < -0.4 is 4.74 Å². The molecule has 1 saturated carbocycles. The maximum atomic E-state index is 13.3. The van der Waals surface area contributed by atoms with Gasteiger partial charge < -0.3 is 24.0 Å². The van der Waals surface area contributed by atoms with Crippen LogP contribution in [0.3, 0.4) is 0 Å². The Balaban J connectivity index is 1.56. The summed E-state index contributed by atoms with van der Waals surface area (Å²) in [5, 5.41) is 20.6. The average Bonchev–Trinajstić information content (AvgIpc) is 3.46. The summed E-state index contributed by atoms with van der Waals surface area (Å²) < 4.78 is 13.3. The normalized spacial score (nSPS) is 21.1. The van der Waals surface area contributed by atoms with E-state index in [4.69, 9.17) is 21.1 Å². The van der Waals surface area contributed by atoms with Crippen molar-refractivity contribution in [2.45, 2.75) is 62.2 Å². The topological polar surface area (TPSA) is 89.7 Å². The number of ether oxygens (including phenoxy) is 2. The number of nitrogens with zero attached hydrogens (tertiary/aromatic N) is 4. The number of aliphatic hydroxyl groups excluding tert-OH is 1. The van der Waals surface area contributed by atoms with Crippen molar-refractivity contribution in [3.63, 3.8) is 0 Å². The minimum atomic E-state index is -0.732. The van der Waals surface area contributed by atoms with Crippen molar-refractivity contribution in [2.75, 3.05) is 21.2 Å². The number of hydrogen-bond acceptors (Lipinski definition) is 8. The quantitative estimate of drug-likeness (QED) is 0.466. The van der Waals surface area contributed by atoms with Crippen LogP contribution in [0.4, 0.5) is 0 Å². The van der Waals surface area contributed by atoms with Gasteiger partial charge in [0, 0.05) is 13.5 Å². The fourth-order valence-corrected chi connectivity index (χ4v) is 6.14. The Morgan fingerprint density at radius 2 is 2.06 bits per heavy atom. The summed E-state index contributed by atoms with van der Waals surface area (Å²) in [6.45, 7) is 0.625. The number of aromatic nitrogens is 3. The minimum Gasteiger partial charge on any atom is -0.511 e.